The molecule has 10 heteroatoms. The van der Waals surface area contributed by atoms with Gasteiger partial charge in [-0.05, 0) is 30.9 Å². The summed E-state index contributed by atoms with van der Waals surface area (Å²) in [5.74, 6) is -1.45. The number of nitro benzene ring substituents is 1. The number of nitrogens with one attached hydrogen (secondary N) is 2. The van der Waals surface area contributed by atoms with Crippen molar-refractivity contribution in [3.8, 4) is 5.75 Å². The highest BCUT2D eigenvalue weighted by atomic mass is 16.6. The van der Waals surface area contributed by atoms with Crippen molar-refractivity contribution in [1.82, 2.24) is 10.6 Å². The standard InChI is InChI=1S/C19H25N3O7/c1-12-5-3-4-6-14(12)21-17(23)11-29-18(24)10-20-19(25)13-7-8-16(28-2)15(9-13)22(26)27/h7-9,12,14H,3-6,10-11H2,1-2H3,(H,20,25)(H,21,23)/t12-,14+/m1/s1. The van der Waals surface area contributed by atoms with Gasteiger partial charge in [-0.1, -0.05) is 19.8 Å². The zero-order valence-electron chi connectivity index (χ0n) is 16.4. The van der Waals surface area contributed by atoms with Gasteiger partial charge in [0.15, 0.2) is 12.4 Å². The number of ether oxygens (including phenoxy) is 2. The number of rotatable bonds is 8. The molecule has 1 fully saturated rings. The van der Waals surface area contributed by atoms with Crippen LogP contribution in [0, 0.1) is 16.0 Å². The summed E-state index contributed by atoms with van der Waals surface area (Å²) in [5.41, 5.74) is -0.370. The van der Waals surface area contributed by atoms with Crippen LogP contribution in [0.2, 0.25) is 0 Å². The lowest BCUT2D eigenvalue weighted by atomic mass is 9.86. The molecule has 1 aromatic rings. The monoisotopic (exact) mass is 407 g/mol. The Morgan fingerprint density at radius 1 is 1.24 bits per heavy atom. The lowest BCUT2D eigenvalue weighted by molar-refractivity contribution is -0.385. The van der Waals surface area contributed by atoms with Crippen LogP contribution >= 0.6 is 0 Å². The Morgan fingerprint density at radius 3 is 2.62 bits per heavy atom. The van der Waals surface area contributed by atoms with Crippen molar-refractivity contribution in [2.75, 3.05) is 20.3 Å². The van der Waals surface area contributed by atoms with E-state index in [1.54, 1.807) is 0 Å². The summed E-state index contributed by atoms with van der Waals surface area (Å²) in [6.07, 6.45) is 4.18. The van der Waals surface area contributed by atoms with E-state index in [-0.39, 0.29) is 28.9 Å². The molecule has 0 spiro atoms. The molecule has 0 saturated heterocycles. The third kappa shape index (κ3) is 6.44. The van der Waals surface area contributed by atoms with Crippen LogP contribution in [0.3, 0.4) is 0 Å². The first-order valence-electron chi connectivity index (χ1n) is 9.37. The Hall–Kier alpha value is -3.17. The van der Waals surface area contributed by atoms with E-state index in [1.165, 1.54) is 19.2 Å². The molecule has 2 rings (SSSR count). The topological polar surface area (TPSA) is 137 Å². The van der Waals surface area contributed by atoms with Crippen LogP contribution in [-0.2, 0) is 14.3 Å². The number of carbonyl (C=O) groups excluding carboxylic acids is 3. The van der Waals surface area contributed by atoms with Crippen LogP contribution in [-0.4, -0.2) is 49.0 Å². The molecule has 10 nitrogen and oxygen atoms in total. The fourth-order valence-electron chi connectivity index (χ4n) is 3.20. The van der Waals surface area contributed by atoms with Gasteiger partial charge in [-0.15, -0.1) is 0 Å². The van der Waals surface area contributed by atoms with Gasteiger partial charge in [0.25, 0.3) is 11.8 Å². The Kier molecular flexibility index (Phi) is 7.93. The van der Waals surface area contributed by atoms with Crippen LogP contribution in [0.4, 0.5) is 5.69 Å². The molecule has 158 valence electrons. The number of nitro groups is 1. The molecule has 1 saturated carbocycles. The number of methoxy groups -OCH3 is 1. The molecule has 0 unspecified atom stereocenters. The number of hydrogen-bond donors (Lipinski definition) is 2. The van der Waals surface area contributed by atoms with Crippen LogP contribution in [0.15, 0.2) is 18.2 Å². The molecule has 2 N–H and O–H groups in total. The Labute approximate surface area is 168 Å². The first kappa shape index (κ1) is 22.1. The van der Waals surface area contributed by atoms with Crippen molar-refractivity contribution in [2.24, 2.45) is 5.92 Å². The van der Waals surface area contributed by atoms with Gasteiger partial charge in [-0.2, -0.15) is 0 Å². The lowest BCUT2D eigenvalue weighted by Gasteiger charge is -2.29. The highest BCUT2D eigenvalue weighted by molar-refractivity contribution is 5.96. The number of carbonyl (C=O) groups is 3. The van der Waals surface area contributed by atoms with E-state index < -0.39 is 30.0 Å². The normalized spacial score (nSPS) is 18.4. The molecule has 29 heavy (non-hydrogen) atoms. The van der Waals surface area contributed by atoms with Crippen LogP contribution in [0.25, 0.3) is 0 Å². The zero-order valence-corrected chi connectivity index (χ0v) is 16.4. The number of amides is 2. The summed E-state index contributed by atoms with van der Waals surface area (Å²) >= 11 is 0. The molecule has 1 aliphatic rings. The molecule has 0 aliphatic heterocycles. The second-order valence-corrected chi connectivity index (χ2v) is 6.92. The summed E-state index contributed by atoms with van der Waals surface area (Å²) in [5, 5.41) is 16.2. The van der Waals surface area contributed by atoms with E-state index in [0.717, 1.165) is 31.7 Å². The van der Waals surface area contributed by atoms with Crippen molar-refractivity contribution >= 4 is 23.5 Å². The molecule has 0 aromatic heterocycles. The molecular weight excluding hydrogens is 382 g/mol. The first-order valence-corrected chi connectivity index (χ1v) is 9.37. The SMILES string of the molecule is COc1ccc(C(=O)NCC(=O)OCC(=O)N[C@H]2CCCC[C@H]2C)cc1[N+](=O)[O-]. The van der Waals surface area contributed by atoms with Gasteiger partial charge in [0.05, 0.1) is 12.0 Å². The Balaban J connectivity index is 1.78. The van der Waals surface area contributed by atoms with Crippen LogP contribution in [0.1, 0.15) is 43.0 Å². The van der Waals surface area contributed by atoms with E-state index in [4.69, 9.17) is 9.47 Å². The van der Waals surface area contributed by atoms with Gasteiger partial charge in [0.2, 0.25) is 0 Å². The zero-order chi connectivity index (χ0) is 21.4. The largest absolute Gasteiger partial charge is 0.490 e. The molecule has 0 heterocycles. The molecular formula is C19H25N3O7. The molecule has 0 radical (unpaired) electrons. The summed E-state index contributed by atoms with van der Waals surface area (Å²) in [6.45, 7) is 1.19. The maximum Gasteiger partial charge on any atom is 0.325 e. The number of esters is 1. The van der Waals surface area contributed by atoms with E-state index in [1.807, 2.05) is 0 Å². The molecule has 0 bridgehead atoms. The second kappa shape index (κ2) is 10.4. The minimum absolute atomic E-state index is 0.00525. The van der Waals surface area contributed by atoms with E-state index >= 15 is 0 Å². The third-order valence-electron chi connectivity index (χ3n) is 4.85. The fraction of sp³-hybridized carbons (Fsp3) is 0.526. The van der Waals surface area contributed by atoms with E-state index in [9.17, 15) is 24.5 Å². The van der Waals surface area contributed by atoms with E-state index in [0.29, 0.717) is 5.92 Å². The van der Waals surface area contributed by atoms with Crippen LogP contribution < -0.4 is 15.4 Å². The average Bonchev–Trinajstić information content (AvgIpc) is 2.71. The van der Waals surface area contributed by atoms with Gasteiger partial charge >= 0.3 is 11.7 Å². The van der Waals surface area contributed by atoms with Gasteiger partial charge < -0.3 is 20.1 Å². The lowest BCUT2D eigenvalue weighted by Crippen LogP contribution is -2.43. The van der Waals surface area contributed by atoms with E-state index in [2.05, 4.69) is 17.6 Å². The third-order valence-corrected chi connectivity index (χ3v) is 4.85. The van der Waals surface area contributed by atoms with Gasteiger partial charge in [0.1, 0.15) is 6.54 Å². The molecule has 1 aromatic carbocycles. The predicted molar refractivity (Wildman–Crippen MR) is 103 cm³/mol. The molecule has 2 atom stereocenters. The van der Waals surface area contributed by atoms with Gasteiger partial charge in [0, 0.05) is 17.7 Å². The maximum atomic E-state index is 12.1. The quantitative estimate of drug-likeness (QED) is 0.379. The predicted octanol–water partition coefficient (Wildman–Crippen LogP) is 1.57. The minimum atomic E-state index is -0.784. The Morgan fingerprint density at radius 2 is 1.97 bits per heavy atom. The summed E-state index contributed by atoms with van der Waals surface area (Å²) in [4.78, 5) is 46.1. The summed E-state index contributed by atoms with van der Waals surface area (Å²) in [6, 6.07) is 3.77. The highest BCUT2D eigenvalue weighted by Crippen LogP contribution is 2.27. The number of nitrogens with zero attached hydrogens (tertiary/aromatic N) is 1. The van der Waals surface area contributed by atoms with Crippen LogP contribution in [0.5, 0.6) is 5.75 Å². The summed E-state index contributed by atoms with van der Waals surface area (Å²) in [7, 11) is 1.28. The van der Waals surface area contributed by atoms with Crippen molar-refractivity contribution in [1.29, 1.82) is 0 Å². The Bertz CT molecular complexity index is 781. The van der Waals surface area contributed by atoms with Gasteiger partial charge in [-0.3, -0.25) is 24.5 Å². The first-order chi connectivity index (χ1) is 13.8. The molecule has 2 amide bonds. The van der Waals surface area contributed by atoms with Crippen molar-refractivity contribution < 1.29 is 28.8 Å². The number of benzene rings is 1. The second-order valence-electron chi connectivity index (χ2n) is 6.92. The minimum Gasteiger partial charge on any atom is -0.490 e. The average molecular weight is 407 g/mol. The maximum absolute atomic E-state index is 12.1. The highest BCUT2D eigenvalue weighted by Gasteiger charge is 2.23. The van der Waals surface area contributed by atoms with Crippen molar-refractivity contribution in [3.05, 3.63) is 33.9 Å². The van der Waals surface area contributed by atoms with Crippen molar-refractivity contribution in [2.45, 2.75) is 38.6 Å². The smallest absolute Gasteiger partial charge is 0.325 e. The van der Waals surface area contributed by atoms with Gasteiger partial charge in [-0.25, -0.2) is 0 Å². The van der Waals surface area contributed by atoms with Crippen molar-refractivity contribution in [3.63, 3.8) is 0 Å². The summed E-state index contributed by atoms with van der Waals surface area (Å²) < 4.78 is 9.74. The fourth-order valence-corrected chi connectivity index (χ4v) is 3.20. The molecule has 1 aliphatic carbocycles. The number of hydrogen-bond acceptors (Lipinski definition) is 7.